The fourth-order valence-corrected chi connectivity index (χ4v) is 3.61. The van der Waals surface area contributed by atoms with Crippen LogP contribution >= 0.6 is 11.8 Å². The third-order valence-corrected chi connectivity index (χ3v) is 4.64. The van der Waals surface area contributed by atoms with Gasteiger partial charge in [-0.3, -0.25) is 19.3 Å². The Balaban J connectivity index is 2.67. The summed E-state index contributed by atoms with van der Waals surface area (Å²) >= 11 is 1.30. The Morgan fingerprint density at radius 3 is 2.47 bits per heavy atom. The van der Waals surface area contributed by atoms with Gasteiger partial charge in [-0.2, -0.15) is 0 Å². The Morgan fingerprint density at radius 1 is 1.42 bits per heavy atom. The summed E-state index contributed by atoms with van der Waals surface area (Å²) in [5, 5.41) is 8.14. The average molecular weight is 287 g/mol. The van der Waals surface area contributed by atoms with E-state index in [9.17, 15) is 14.4 Å². The number of likely N-dealkylation sites (tertiary alicyclic amines) is 1. The molecule has 0 aromatic heterocycles. The van der Waals surface area contributed by atoms with E-state index >= 15 is 0 Å². The van der Waals surface area contributed by atoms with Crippen LogP contribution in [0.15, 0.2) is 0 Å². The van der Waals surface area contributed by atoms with Crippen molar-refractivity contribution in [3.8, 4) is 0 Å². The molecule has 2 unspecified atom stereocenters. The summed E-state index contributed by atoms with van der Waals surface area (Å²) in [5.74, 6) is -1.16. The third-order valence-electron chi connectivity index (χ3n) is 3.31. The SMILES string of the molecule is CCC(CC)N1C(=O)CC(SC(C)CC(=O)O)C1=O. The highest BCUT2D eigenvalue weighted by atomic mass is 32.2. The lowest BCUT2D eigenvalue weighted by Crippen LogP contribution is -2.40. The Bertz CT molecular complexity index is 368. The summed E-state index contributed by atoms with van der Waals surface area (Å²) < 4.78 is 0. The zero-order valence-corrected chi connectivity index (χ0v) is 12.4. The van der Waals surface area contributed by atoms with Gasteiger partial charge in [-0.05, 0) is 12.8 Å². The van der Waals surface area contributed by atoms with E-state index in [2.05, 4.69) is 0 Å². The maximum Gasteiger partial charge on any atom is 0.304 e. The Morgan fingerprint density at radius 2 is 2.00 bits per heavy atom. The van der Waals surface area contributed by atoms with Crippen LogP contribution < -0.4 is 0 Å². The summed E-state index contributed by atoms with van der Waals surface area (Å²) in [4.78, 5) is 36.2. The van der Waals surface area contributed by atoms with Crippen molar-refractivity contribution >= 4 is 29.5 Å². The molecule has 5 nitrogen and oxygen atoms in total. The number of hydrogen-bond donors (Lipinski definition) is 1. The van der Waals surface area contributed by atoms with Crippen molar-refractivity contribution in [2.75, 3.05) is 0 Å². The highest BCUT2D eigenvalue weighted by Crippen LogP contribution is 2.31. The number of aliphatic carboxylic acids is 1. The van der Waals surface area contributed by atoms with E-state index in [-0.39, 0.29) is 35.9 Å². The van der Waals surface area contributed by atoms with Crippen LogP contribution in [0, 0.1) is 0 Å². The van der Waals surface area contributed by atoms with Gasteiger partial charge in [-0.1, -0.05) is 20.8 Å². The van der Waals surface area contributed by atoms with Crippen molar-refractivity contribution in [3.63, 3.8) is 0 Å². The molecule has 0 bridgehead atoms. The number of carbonyl (C=O) groups is 3. The number of nitrogens with zero attached hydrogens (tertiary/aromatic N) is 1. The minimum atomic E-state index is -0.881. The van der Waals surface area contributed by atoms with Gasteiger partial charge >= 0.3 is 5.97 Å². The summed E-state index contributed by atoms with van der Waals surface area (Å²) in [7, 11) is 0. The van der Waals surface area contributed by atoms with Crippen molar-refractivity contribution in [1.29, 1.82) is 0 Å². The van der Waals surface area contributed by atoms with Crippen molar-refractivity contribution in [1.82, 2.24) is 4.90 Å². The topological polar surface area (TPSA) is 74.7 Å². The van der Waals surface area contributed by atoms with Gasteiger partial charge in [0.25, 0.3) is 0 Å². The number of carbonyl (C=O) groups excluding carboxylic acids is 2. The molecule has 1 N–H and O–H groups in total. The summed E-state index contributed by atoms with van der Waals surface area (Å²) in [6.07, 6.45) is 1.73. The van der Waals surface area contributed by atoms with E-state index in [1.54, 1.807) is 6.92 Å². The van der Waals surface area contributed by atoms with Gasteiger partial charge in [0.1, 0.15) is 0 Å². The number of imide groups is 1. The van der Waals surface area contributed by atoms with Crippen molar-refractivity contribution in [3.05, 3.63) is 0 Å². The molecule has 2 atom stereocenters. The predicted molar refractivity (Wildman–Crippen MR) is 73.9 cm³/mol. The second kappa shape index (κ2) is 6.93. The molecule has 2 amide bonds. The monoisotopic (exact) mass is 287 g/mol. The van der Waals surface area contributed by atoms with E-state index in [0.717, 1.165) is 12.8 Å². The fraction of sp³-hybridized carbons (Fsp3) is 0.769. The van der Waals surface area contributed by atoms with Gasteiger partial charge in [0, 0.05) is 17.7 Å². The number of carboxylic acids is 1. The second-order valence-electron chi connectivity index (χ2n) is 4.81. The molecule has 0 saturated carbocycles. The summed E-state index contributed by atoms with van der Waals surface area (Å²) in [6, 6.07) is -0.0274. The first kappa shape index (κ1) is 16.0. The molecule has 0 aromatic carbocycles. The van der Waals surface area contributed by atoms with Crippen molar-refractivity contribution < 1.29 is 19.5 Å². The zero-order chi connectivity index (χ0) is 14.6. The second-order valence-corrected chi connectivity index (χ2v) is 6.46. The average Bonchev–Trinajstić information content (AvgIpc) is 2.57. The standard InChI is InChI=1S/C13H21NO4S/c1-4-9(5-2)14-11(15)7-10(13(14)18)19-8(3)6-12(16)17/h8-10H,4-7H2,1-3H3,(H,16,17). The lowest BCUT2D eigenvalue weighted by Gasteiger charge is -2.24. The van der Waals surface area contributed by atoms with E-state index in [4.69, 9.17) is 5.11 Å². The quantitative estimate of drug-likeness (QED) is 0.724. The van der Waals surface area contributed by atoms with Gasteiger partial charge in [-0.25, -0.2) is 0 Å². The molecule has 19 heavy (non-hydrogen) atoms. The molecule has 1 aliphatic heterocycles. The zero-order valence-electron chi connectivity index (χ0n) is 11.6. The smallest absolute Gasteiger partial charge is 0.304 e. The van der Waals surface area contributed by atoms with Crippen molar-refractivity contribution in [2.45, 2.75) is 63.0 Å². The van der Waals surface area contributed by atoms with Crippen LogP contribution in [0.4, 0.5) is 0 Å². The van der Waals surface area contributed by atoms with Gasteiger partial charge < -0.3 is 5.11 Å². The molecular formula is C13H21NO4S. The third kappa shape index (κ3) is 3.96. The Labute approximate surface area is 117 Å². The lowest BCUT2D eigenvalue weighted by atomic mass is 10.1. The molecule has 1 aliphatic rings. The molecular weight excluding hydrogens is 266 g/mol. The molecule has 6 heteroatoms. The highest BCUT2D eigenvalue weighted by molar-refractivity contribution is 8.01. The van der Waals surface area contributed by atoms with E-state index < -0.39 is 11.2 Å². The lowest BCUT2D eigenvalue weighted by molar-refractivity contribution is -0.141. The minimum Gasteiger partial charge on any atom is -0.481 e. The molecule has 0 aromatic rings. The van der Waals surface area contributed by atoms with Crippen LogP contribution in [0.5, 0.6) is 0 Å². The van der Waals surface area contributed by atoms with Crippen LogP contribution in [-0.4, -0.2) is 44.3 Å². The summed E-state index contributed by atoms with van der Waals surface area (Å²) in [5.41, 5.74) is 0. The van der Waals surface area contributed by atoms with Crippen LogP contribution in [0.3, 0.4) is 0 Å². The molecule has 0 spiro atoms. The first-order valence-electron chi connectivity index (χ1n) is 6.63. The number of carboxylic acid groups (broad SMARTS) is 1. The van der Waals surface area contributed by atoms with E-state index in [1.165, 1.54) is 16.7 Å². The highest BCUT2D eigenvalue weighted by Gasteiger charge is 2.42. The number of amides is 2. The maximum absolute atomic E-state index is 12.2. The van der Waals surface area contributed by atoms with E-state index in [1.807, 2.05) is 13.8 Å². The maximum atomic E-state index is 12.2. The van der Waals surface area contributed by atoms with Gasteiger partial charge in [0.15, 0.2) is 0 Å². The molecule has 0 aliphatic carbocycles. The molecule has 1 saturated heterocycles. The molecule has 108 valence electrons. The van der Waals surface area contributed by atoms with Gasteiger partial charge in [0.2, 0.25) is 11.8 Å². The number of thioether (sulfide) groups is 1. The normalized spacial score (nSPS) is 21.3. The largest absolute Gasteiger partial charge is 0.481 e. The van der Waals surface area contributed by atoms with Crippen LogP contribution in [0.25, 0.3) is 0 Å². The number of hydrogen-bond acceptors (Lipinski definition) is 4. The van der Waals surface area contributed by atoms with Crippen LogP contribution in [0.2, 0.25) is 0 Å². The van der Waals surface area contributed by atoms with Crippen molar-refractivity contribution in [2.24, 2.45) is 0 Å². The first-order valence-corrected chi connectivity index (χ1v) is 7.58. The predicted octanol–water partition coefficient (Wildman–Crippen LogP) is 1.90. The minimum absolute atomic E-state index is 0.00756. The Kier molecular flexibility index (Phi) is 5.85. The summed E-state index contributed by atoms with van der Waals surface area (Å²) in [6.45, 7) is 5.70. The molecule has 1 fully saturated rings. The van der Waals surface area contributed by atoms with Crippen LogP contribution in [0.1, 0.15) is 46.5 Å². The molecule has 1 heterocycles. The van der Waals surface area contributed by atoms with E-state index in [0.29, 0.717) is 0 Å². The first-order chi connectivity index (χ1) is 8.90. The molecule has 0 radical (unpaired) electrons. The fourth-order valence-electron chi connectivity index (χ4n) is 2.34. The molecule has 1 rings (SSSR count). The van der Waals surface area contributed by atoms with Gasteiger partial charge in [-0.15, -0.1) is 11.8 Å². The van der Waals surface area contributed by atoms with Gasteiger partial charge in [0.05, 0.1) is 11.7 Å². The van der Waals surface area contributed by atoms with Crippen LogP contribution in [-0.2, 0) is 14.4 Å². The Hall–Kier alpha value is -1.04. The number of rotatable bonds is 7.